The first-order valence-electron chi connectivity index (χ1n) is 9.08. The summed E-state index contributed by atoms with van der Waals surface area (Å²) >= 11 is 0. The summed E-state index contributed by atoms with van der Waals surface area (Å²) in [5, 5.41) is 0. The van der Waals surface area contributed by atoms with Crippen molar-refractivity contribution in [1.29, 1.82) is 0 Å². The Balaban J connectivity index is 1.66. The van der Waals surface area contributed by atoms with Gasteiger partial charge in [-0.2, -0.15) is 0 Å². The third-order valence-corrected chi connectivity index (χ3v) is 4.69. The number of carbonyl (C=O) groups is 2. The second-order valence-corrected chi connectivity index (χ2v) is 6.55. The van der Waals surface area contributed by atoms with Gasteiger partial charge in [0.15, 0.2) is 0 Å². The van der Waals surface area contributed by atoms with E-state index in [4.69, 9.17) is 15.2 Å². The first-order valence-corrected chi connectivity index (χ1v) is 9.08. The molecule has 1 aliphatic heterocycles. The molecule has 2 N–H and O–H groups in total. The molecule has 0 saturated carbocycles. The lowest BCUT2D eigenvalue weighted by atomic mass is 10.0. The molecular formula is C21H24N2O4. The number of aryl methyl sites for hydroxylation is 1. The molecule has 0 unspecified atom stereocenters. The molecule has 1 heterocycles. The van der Waals surface area contributed by atoms with E-state index in [1.807, 2.05) is 37.3 Å². The lowest BCUT2D eigenvalue weighted by Crippen LogP contribution is -2.44. The van der Waals surface area contributed by atoms with Gasteiger partial charge < -0.3 is 20.1 Å². The number of benzene rings is 2. The van der Waals surface area contributed by atoms with Crippen LogP contribution in [0.15, 0.2) is 42.5 Å². The Morgan fingerprint density at radius 1 is 1.22 bits per heavy atom. The second kappa shape index (κ2) is 8.22. The Labute approximate surface area is 158 Å². The van der Waals surface area contributed by atoms with E-state index in [0.717, 1.165) is 23.2 Å². The van der Waals surface area contributed by atoms with Gasteiger partial charge in [0.1, 0.15) is 5.75 Å². The minimum absolute atomic E-state index is 0.0776. The number of amides is 1. The minimum Gasteiger partial charge on any atom is -0.434 e. The smallest absolute Gasteiger partial charge is 0.434 e. The molecular weight excluding hydrogens is 344 g/mol. The maximum atomic E-state index is 12.8. The third-order valence-electron chi connectivity index (χ3n) is 4.69. The van der Waals surface area contributed by atoms with E-state index in [2.05, 4.69) is 0 Å². The topological polar surface area (TPSA) is 81.9 Å². The molecule has 6 nitrogen and oxygen atoms in total. The molecule has 0 saturated heterocycles. The van der Waals surface area contributed by atoms with Gasteiger partial charge in [-0.1, -0.05) is 24.3 Å². The first kappa shape index (κ1) is 18.9. The summed E-state index contributed by atoms with van der Waals surface area (Å²) in [7, 11) is 0. The molecule has 0 spiro atoms. The SMILES string of the molecule is CCOC(=O)Oc1ccc(C[C@@H](N)C(=O)N2CCc3ccccc32)c(C)c1. The number of anilines is 1. The summed E-state index contributed by atoms with van der Waals surface area (Å²) in [5.74, 6) is 0.328. The van der Waals surface area contributed by atoms with Crippen LogP contribution in [0, 0.1) is 6.92 Å². The lowest BCUT2D eigenvalue weighted by molar-refractivity contribution is -0.119. The number of rotatable bonds is 5. The van der Waals surface area contributed by atoms with Crippen molar-refractivity contribution in [2.45, 2.75) is 32.7 Å². The normalized spacial score (nSPS) is 13.8. The third kappa shape index (κ3) is 4.28. The Morgan fingerprint density at radius 3 is 2.74 bits per heavy atom. The maximum absolute atomic E-state index is 12.8. The molecule has 27 heavy (non-hydrogen) atoms. The number of nitrogens with zero attached hydrogens (tertiary/aromatic N) is 1. The molecule has 1 aliphatic rings. The highest BCUT2D eigenvalue weighted by Crippen LogP contribution is 2.28. The van der Waals surface area contributed by atoms with Crippen LogP contribution in [0.3, 0.4) is 0 Å². The fourth-order valence-corrected chi connectivity index (χ4v) is 3.30. The van der Waals surface area contributed by atoms with Crippen molar-refractivity contribution in [2.75, 3.05) is 18.1 Å². The van der Waals surface area contributed by atoms with Crippen molar-refractivity contribution in [1.82, 2.24) is 0 Å². The van der Waals surface area contributed by atoms with Crippen LogP contribution in [-0.4, -0.2) is 31.3 Å². The number of hydrogen-bond donors (Lipinski definition) is 1. The van der Waals surface area contributed by atoms with E-state index in [9.17, 15) is 9.59 Å². The highest BCUT2D eigenvalue weighted by atomic mass is 16.7. The number of nitrogens with two attached hydrogens (primary N) is 1. The van der Waals surface area contributed by atoms with Gasteiger partial charge >= 0.3 is 6.16 Å². The number of hydrogen-bond acceptors (Lipinski definition) is 5. The van der Waals surface area contributed by atoms with Gasteiger partial charge in [-0.15, -0.1) is 0 Å². The maximum Gasteiger partial charge on any atom is 0.513 e. The quantitative estimate of drug-likeness (QED) is 0.648. The summed E-state index contributed by atoms with van der Waals surface area (Å²) in [6, 6.07) is 12.5. The predicted molar refractivity (Wildman–Crippen MR) is 103 cm³/mol. The molecule has 1 amide bonds. The molecule has 0 bridgehead atoms. The Morgan fingerprint density at radius 2 is 2.00 bits per heavy atom. The van der Waals surface area contributed by atoms with E-state index in [-0.39, 0.29) is 12.5 Å². The van der Waals surface area contributed by atoms with Gasteiger partial charge in [0, 0.05) is 12.2 Å². The van der Waals surface area contributed by atoms with E-state index in [1.165, 1.54) is 5.56 Å². The molecule has 0 aromatic heterocycles. The van der Waals surface area contributed by atoms with Crippen LogP contribution in [0.4, 0.5) is 10.5 Å². The zero-order valence-corrected chi connectivity index (χ0v) is 15.6. The molecule has 0 fully saturated rings. The largest absolute Gasteiger partial charge is 0.513 e. The molecule has 0 radical (unpaired) electrons. The van der Waals surface area contributed by atoms with Crippen LogP contribution in [0.2, 0.25) is 0 Å². The fourth-order valence-electron chi connectivity index (χ4n) is 3.30. The van der Waals surface area contributed by atoms with Gasteiger partial charge in [-0.25, -0.2) is 4.79 Å². The predicted octanol–water partition coefficient (Wildman–Crippen LogP) is 2.99. The fraction of sp³-hybridized carbons (Fsp3) is 0.333. The Bertz CT molecular complexity index is 850. The molecule has 3 rings (SSSR count). The van der Waals surface area contributed by atoms with Crippen LogP contribution < -0.4 is 15.4 Å². The van der Waals surface area contributed by atoms with Gasteiger partial charge in [-0.05, 0) is 61.6 Å². The van der Waals surface area contributed by atoms with Crippen LogP contribution >= 0.6 is 0 Å². The summed E-state index contributed by atoms with van der Waals surface area (Å²) in [5.41, 5.74) is 10.2. The first-order chi connectivity index (χ1) is 13.0. The molecule has 6 heteroatoms. The van der Waals surface area contributed by atoms with Crippen molar-refractivity contribution in [3.05, 3.63) is 59.2 Å². The monoisotopic (exact) mass is 368 g/mol. The van der Waals surface area contributed by atoms with E-state index < -0.39 is 12.2 Å². The van der Waals surface area contributed by atoms with E-state index >= 15 is 0 Å². The molecule has 2 aromatic rings. The Kier molecular flexibility index (Phi) is 5.76. The molecule has 142 valence electrons. The summed E-state index contributed by atoms with van der Waals surface area (Å²) < 4.78 is 9.86. The van der Waals surface area contributed by atoms with Gasteiger partial charge in [-0.3, -0.25) is 4.79 Å². The van der Waals surface area contributed by atoms with Crippen molar-refractivity contribution < 1.29 is 19.1 Å². The van der Waals surface area contributed by atoms with E-state index in [0.29, 0.717) is 18.7 Å². The average molecular weight is 368 g/mol. The number of carbonyl (C=O) groups excluding carboxylic acids is 2. The number of fused-ring (bicyclic) bond motifs is 1. The summed E-state index contributed by atoms with van der Waals surface area (Å²) in [6.07, 6.45) is 0.542. The minimum atomic E-state index is -0.732. The van der Waals surface area contributed by atoms with Crippen molar-refractivity contribution >= 4 is 17.7 Å². The zero-order valence-electron chi connectivity index (χ0n) is 15.6. The highest BCUT2D eigenvalue weighted by molar-refractivity contribution is 5.99. The number of ether oxygens (including phenoxy) is 2. The number of para-hydroxylation sites is 1. The molecule has 0 aliphatic carbocycles. The van der Waals surface area contributed by atoms with Crippen molar-refractivity contribution in [3.63, 3.8) is 0 Å². The summed E-state index contributed by atoms with van der Waals surface area (Å²) in [4.78, 5) is 26.0. The van der Waals surface area contributed by atoms with Gasteiger partial charge in [0.25, 0.3) is 0 Å². The molecule has 2 aromatic carbocycles. The highest BCUT2D eigenvalue weighted by Gasteiger charge is 2.28. The summed E-state index contributed by atoms with van der Waals surface area (Å²) in [6.45, 7) is 4.53. The molecule has 1 atom stereocenters. The van der Waals surface area contributed by atoms with Crippen molar-refractivity contribution in [2.24, 2.45) is 5.73 Å². The second-order valence-electron chi connectivity index (χ2n) is 6.55. The van der Waals surface area contributed by atoms with Gasteiger partial charge in [0.05, 0.1) is 12.6 Å². The van der Waals surface area contributed by atoms with Crippen LogP contribution in [0.1, 0.15) is 23.6 Å². The lowest BCUT2D eigenvalue weighted by Gasteiger charge is -2.22. The van der Waals surface area contributed by atoms with Crippen molar-refractivity contribution in [3.8, 4) is 5.75 Å². The van der Waals surface area contributed by atoms with Crippen LogP contribution in [0.25, 0.3) is 0 Å². The van der Waals surface area contributed by atoms with Gasteiger partial charge in [0.2, 0.25) is 5.91 Å². The van der Waals surface area contributed by atoms with Crippen LogP contribution in [-0.2, 0) is 22.4 Å². The Hall–Kier alpha value is -2.86. The standard InChI is InChI=1S/C21H24N2O4/c1-3-26-21(25)27-17-9-8-16(14(2)12-17)13-18(22)20(24)23-11-10-15-6-4-5-7-19(15)23/h4-9,12,18H,3,10-11,13,22H2,1-2H3/t18-/m1/s1. The van der Waals surface area contributed by atoms with E-state index in [1.54, 1.807) is 24.0 Å². The van der Waals surface area contributed by atoms with Crippen LogP contribution in [0.5, 0.6) is 5.75 Å². The zero-order chi connectivity index (χ0) is 19.4. The average Bonchev–Trinajstić information content (AvgIpc) is 3.07.